The van der Waals surface area contributed by atoms with Crippen molar-refractivity contribution in [2.24, 2.45) is 0 Å². The van der Waals surface area contributed by atoms with E-state index in [0.717, 1.165) is 20.8 Å². The maximum Gasteiger partial charge on any atom is 0.261 e. The van der Waals surface area contributed by atoms with Crippen LogP contribution in [0.15, 0.2) is 65.3 Å². The number of benzene rings is 2. The minimum atomic E-state index is -0.498. The molecule has 0 radical (unpaired) electrons. The molecule has 0 fully saturated rings. The number of aromatic nitrogens is 2. The summed E-state index contributed by atoms with van der Waals surface area (Å²) in [6, 6.07) is 14.9. The Bertz CT molecular complexity index is 1170. The van der Waals surface area contributed by atoms with Gasteiger partial charge in [-0.3, -0.25) is 14.7 Å². The Morgan fingerprint density at radius 1 is 1.18 bits per heavy atom. The number of rotatable bonds is 4. The van der Waals surface area contributed by atoms with E-state index < -0.39 is 5.82 Å². The number of hydrogen-bond donors (Lipinski definition) is 0. The Morgan fingerprint density at radius 2 is 2.04 bits per heavy atom. The third-order valence-electron chi connectivity index (χ3n) is 4.02. The number of thiazole rings is 1. The average Bonchev–Trinajstić information content (AvgIpc) is 3.09. The molecule has 0 saturated carbocycles. The first-order chi connectivity index (χ1) is 13.5. The summed E-state index contributed by atoms with van der Waals surface area (Å²) in [6.07, 6.45) is 1.67. The highest BCUT2D eigenvalue weighted by atomic mass is 79.9. The van der Waals surface area contributed by atoms with Crippen molar-refractivity contribution in [1.29, 1.82) is 0 Å². The lowest BCUT2D eigenvalue weighted by molar-refractivity contribution is 0.0985. The average molecular weight is 477 g/mol. The quantitative estimate of drug-likeness (QED) is 0.358. The second-order valence-electron chi connectivity index (χ2n) is 5.95. The number of pyridine rings is 1. The number of amides is 1. The molecule has 0 bridgehead atoms. The van der Waals surface area contributed by atoms with Crippen LogP contribution in [0.4, 0.5) is 9.52 Å². The molecule has 0 aliphatic rings. The van der Waals surface area contributed by atoms with E-state index in [1.807, 2.05) is 36.4 Å². The monoisotopic (exact) mass is 475 g/mol. The number of carbonyl (C=O) groups is 1. The van der Waals surface area contributed by atoms with Crippen LogP contribution in [-0.2, 0) is 6.54 Å². The molecule has 8 heteroatoms. The molecule has 2 heterocycles. The Hall–Kier alpha value is -2.35. The lowest BCUT2D eigenvalue weighted by atomic mass is 10.2. The first-order valence-corrected chi connectivity index (χ1v) is 10.2. The fraction of sp³-hybridized carbons (Fsp3) is 0.0500. The van der Waals surface area contributed by atoms with E-state index in [1.54, 1.807) is 6.20 Å². The standard InChI is InChI=1S/C20H12BrClFN3OS/c21-12-4-7-17-18(9-12)28-20(25-17)26(11-14-3-1-2-8-24-14)19(27)15-6-5-13(23)10-16(15)22/h1-10H,11H2. The van der Waals surface area contributed by atoms with E-state index in [1.165, 1.54) is 28.4 Å². The van der Waals surface area contributed by atoms with Gasteiger partial charge in [0.15, 0.2) is 5.13 Å². The van der Waals surface area contributed by atoms with Crippen LogP contribution in [0.1, 0.15) is 16.1 Å². The predicted molar refractivity (Wildman–Crippen MR) is 113 cm³/mol. The molecular weight excluding hydrogens is 465 g/mol. The zero-order valence-electron chi connectivity index (χ0n) is 14.3. The topological polar surface area (TPSA) is 46.1 Å². The van der Waals surface area contributed by atoms with E-state index in [-0.39, 0.29) is 23.0 Å². The summed E-state index contributed by atoms with van der Waals surface area (Å²) in [5.41, 5.74) is 1.70. The first-order valence-electron chi connectivity index (χ1n) is 8.24. The molecule has 2 aromatic carbocycles. The summed E-state index contributed by atoms with van der Waals surface area (Å²) in [4.78, 5) is 23.7. The van der Waals surface area contributed by atoms with Crippen molar-refractivity contribution in [2.45, 2.75) is 6.54 Å². The van der Waals surface area contributed by atoms with Crippen molar-refractivity contribution in [2.75, 3.05) is 4.90 Å². The van der Waals surface area contributed by atoms with Gasteiger partial charge >= 0.3 is 0 Å². The summed E-state index contributed by atoms with van der Waals surface area (Å²) in [5.74, 6) is -0.864. The van der Waals surface area contributed by atoms with Gasteiger partial charge < -0.3 is 0 Å². The van der Waals surface area contributed by atoms with Crippen LogP contribution in [0.25, 0.3) is 10.2 Å². The van der Waals surface area contributed by atoms with Gasteiger partial charge in [0, 0.05) is 10.7 Å². The lowest BCUT2D eigenvalue weighted by Gasteiger charge is -2.20. The third-order valence-corrected chi connectivity index (χ3v) is 5.87. The fourth-order valence-electron chi connectivity index (χ4n) is 2.69. The number of nitrogens with zero attached hydrogens (tertiary/aromatic N) is 3. The molecule has 4 nitrogen and oxygen atoms in total. The van der Waals surface area contributed by atoms with Crippen molar-refractivity contribution in [3.8, 4) is 0 Å². The fourth-order valence-corrected chi connectivity index (χ4v) is 4.45. The Balaban J connectivity index is 1.79. The molecule has 4 rings (SSSR count). The van der Waals surface area contributed by atoms with Crippen LogP contribution in [0.2, 0.25) is 5.02 Å². The molecule has 0 aliphatic carbocycles. The van der Waals surface area contributed by atoms with Crippen molar-refractivity contribution >= 4 is 60.1 Å². The zero-order valence-corrected chi connectivity index (χ0v) is 17.4. The number of carbonyl (C=O) groups excluding carboxylic acids is 1. The van der Waals surface area contributed by atoms with Crippen molar-refractivity contribution in [1.82, 2.24) is 9.97 Å². The van der Waals surface area contributed by atoms with Gasteiger partial charge in [-0.1, -0.05) is 44.9 Å². The molecule has 0 spiro atoms. The maximum atomic E-state index is 13.4. The highest BCUT2D eigenvalue weighted by molar-refractivity contribution is 9.10. The molecule has 0 N–H and O–H groups in total. The van der Waals surface area contributed by atoms with Gasteiger partial charge in [0.1, 0.15) is 5.82 Å². The Kier molecular flexibility index (Phi) is 5.39. The molecular formula is C20H12BrClFN3OS. The van der Waals surface area contributed by atoms with Crippen molar-refractivity contribution in [3.05, 3.63) is 87.4 Å². The second-order valence-corrected chi connectivity index (χ2v) is 8.28. The maximum absolute atomic E-state index is 13.4. The van der Waals surface area contributed by atoms with E-state index >= 15 is 0 Å². The lowest BCUT2D eigenvalue weighted by Crippen LogP contribution is -2.31. The van der Waals surface area contributed by atoms with Gasteiger partial charge in [-0.15, -0.1) is 0 Å². The summed E-state index contributed by atoms with van der Waals surface area (Å²) < 4.78 is 15.3. The highest BCUT2D eigenvalue weighted by Crippen LogP contribution is 2.33. The van der Waals surface area contributed by atoms with Crippen molar-refractivity contribution < 1.29 is 9.18 Å². The van der Waals surface area contributed by atoms with Gasteiger partial charge in [0.2, 0.25) is 0 Å². The molecule has 4 aromatic rings. The van der Waals surface area contributed by atoms with Crippen LogP contribution >= 0.6 is 38.9 Å². The molecule has 0 atom stereocenters. The molecule has 1 amide bonds. The third kappa shape index (κ3) is 3.92. The number of fused-ring (bicyclic) bond motifs is 1. The summed E-state index contributed by atoms with van der Waals surface area (Å²) >= 11 is 11.0. The zero-order chi connectivity index (χ0) is 19.7. The molecule has 0 saturated heterocycles. The van der Waals surface area contributed by atoms with Gasteiger partial charge in [0.05, 0.1) is 33.0 Å². The van der Waals surface area contributed by atoms with Crippen LogP contribution < -0.4 is 4.90 Å². The molecule has 140 valence electrons. The SMILES string of the molecule is O=C(c1ccc(F)cc1Cl)N(Cc1ccccn1)c1nc2ccc(Br)cc2s1. The summed E-state index contributed by atoms with van der Waals surface area (Å²) in [5, 5.41) is 0.573. The molecule has 0 aliphatic heterocycles. The molecule has 0 unspecified atom stereocenters. The number of hydrogen-bond acceptors (Lipinski definition) is 4. The Labute approximate surface area is 177 Å². The molecule has 2 aromatic heterocycles. The smallest absolute Gasteiger partial charge is 0.261 e. The number of halogens is 3. The van der Waals surface area contributed by atoms with Gasteiger partial charge in [-0.05, 0) is 48.5 Å². The van der Waals surface area contributed by atoms with Gasteiger partial charge in [-0.25, -0.2) is 9.37 Å². The summed E-state index contributed by atoms with van der Waals surface area (Å²) in [6.45, 7) is 0.217. The second kappa shape index (κ2) is 7.95. The summed E-state index contributed by atoms with van der Waals surface area (Å²) in [7, 11) is 0. The largest absolute Gasteiger partial charge is 0.278 e. The number of anilines is 1. The van der Waals surface area contributed by atoms with Crippen molar-refractivity contribution in [3.63, 3.8) is 0 Å². The van der Waals surface area contributed by atoms with E-state index in [9.17, 15) is 9.18 Å². The van der Waals surface area contributed by atoms with E-state index in [4.69, 9.17) is 11.6 Å². The van der Waals surface area contributed by atoms with E-state index in [0.29, 0.717) is 10.8 Å². The van der Waals surface area contributed by atoms with Gasteiger partial charge in [-0.2, -0.15) is 0 Å². The Morgan fingerprint density at radius 3 is 2.79 bits per heavy atom. The van der Waals surface area contributed by atoms with Crippen LogP contribution in [0.5, 0.6) is 0 Å². The minimum Gasteiger partial charge on any atom is -0.278 e. The van der Waals surface area contributed by atoms with Crippen LogP contribution in [0.3, 0.4) is 0 Å². The van der Waals surface area contributed by atoms with Crippen LogP contribution in [0, 0.1) is 5.82 Å². The van der Waals surface area contributed by atoms with Crippen LogP contribution in [-0.4, -0.2) is 15.9 Å². The predicted octanol–water partition coefficient (Wildman–Crippen LogP) is 6.09. The normalized spacial score (nSPS) is 11.0. The minimum absolute atomic E-state index is 0.0554. The first kappa shape index (κ1) is 19.0. The highest BCUT2D eigenvalue weighted by Gasteiger charge is 2.24. The van der Waals surface area contributed by atoms with E-state index in [2.05, 4.69) is 25.9 Å². The molecule has 28 heavy (non-hydrogen) atoms. The van der Waals surface area contributed by atoms with Gasteiger partial charge in [0.25, 0.3) is 5.91 Å².